The maximum atomic E-state index is 13.4. The average Bonchev–Trinajstić information content (AvgIpc) is 3.40. The summed E-state index contributed by atoms with van der Waals surface area (Å²) in [4.78, 5) is 34.2. The highest BCUT2D eigenvalue weighted by Gasteiger charge is 2.35. The van der Waals surface area contributed by atoms with Crippen LogP contribution >= 0.6 is 0 Å². The van der Waals surface area contributed by atoms with Crippen LogP contribution in [0.2, 0.25) is 0 Å². The van der Waals surface area contributed by atoms with E-state index in [1.165, 1.54) is 11.0 Å². The molecule has 1 saturated heterocycles. The molecule has 5 rings (SSSR count). The number of nitrogen functional groups attached to an aromatic ring is 1. The van der Waals surface area contributed by atoms with Crippen molar-refractivity contribution in [2.45, 2.75) is 44.1 Å². The molecule has 0 radical (unpaired) electrons. The number of nitrogens with two attached hydrogens (primary N) is 1. The van der Waals surface area contributed by atoms with Gasteiger partial charge in [-0.2, -0.15) is 18.2 Å². The highest BCUT2D eigenvalue weighted by atomic mass is 19.4. The van der Waals surface area contributed by atoms with Gasteiger partial charge < -0.3 is 30.7 Å². The van der Waals surface area contributed by atoms with Crippen molar-refractivity contribution in [3.63, 3.8) is 0 Å². The van der Waals surface area contributed by atoms with Crippen molar-refractivity contribution >= 4 is 29.5 Å². The van der Waals surface area contributed by atoms with Gasteiger partial charge in [0.15, 0.2) is 0 Å². The molecule has 2 aliphatic heterocycles. The van der Waals surface area contributed by atoms with Crippen LogP contribution in [0.4, 0.5) is 35.3 Å². The topological polar surface area (TPSA) is 137 Å². The molecule has 0 aliphatic carbocycles. The molecule has 1 aromatic heterocycles. The number of hydrogen-bond donors (Lipinski definition) is 4. The molecule has 3 aromatic rings. The van der Waals surface area contributed by atoms with Crippen molar-refractivity contribution < 1.29 is 27.8 Å². The Labute approximate surface area is 239 Å². The number of halogens is 3. The lowest BCUT2D eigenvalue weighted by Gasteiger charge is -2.37. The minimum Gasteiger partial charge on any atom is -0.491 e. The van der Waals surface area contributed by atoms with Gasteiger partial charge in [0.2, 0.25) is 0 Å². The molecule has 2 aliphatic rings. The monoisotopic (exact) mass is 584 g/mol. The van der Waals surface area contributed by atoms with Crippen LogP contribution in [-0.2, 0) is 17.3 Å². The van der Waals surface area contributed by atoms with Crippen LogP contribution in [0.1, 0.15) is 41.6 Å². The van der Waals surface area contributed by atoms with Gasteiger partial charge in [0.05, 0.1) is 23.7 Å². The maximum Gasteiger partial charge on any atom is 0.416 e. The molecule has 0 spiro atoms. The number of rotatable bonds is 7. The number of aromatic nitrogens is 2. The largest absolute Gasteiger partial charge is 0.491 e. The first kappa shape index (κ1) is 28.8. The van der Waals surface area contributed by atoms with Crippen LogP contribution in [0.15, 0.2) is 59.1 Å². The van der Waals surface area contributed by atoms with E-state index in [0.29, 0.717) is 36.5 Å². The number of likely N-dealkylation sites (tertiary alicyclic amines) is 1. The van der Waals surface area contributed by atoms with Gasteiger partial charge in [-0.05, 0) is 42.3 Å². The number of carboxylic acid groups (broad SMARTS) is 1. The number of carbonyl (C=O) groups is 1. The van der Waals surface area contributed by atoms with Crippen molar-refractivity contribution in [1.29, 1.82) is 0 Å². The van der Waals surface area contributed by atoms with E-state index in [2.05, 4.69) is 15.3 Å². The zero-order valence-electron chi connectivity index (χ0n) is 23.0. The van der Waals surface area contributed by atoms with Gasteiger partial charge >= 0.3 is 18.0 Å². The summed E-state index contributed by atoms with van der Waals surface area (Å²) in [6, 6.07) is 12.0. The van der Waals surface area contributed by atoms with E-state index in [-0.39, 0.29) is 35.8 Å². The number of nitrogens with zero attached hydrogens (tertiary/aromatic N) is 3. The highest BCUT2D eigenvalue weighted by molar-refractivity contribution is 5.78. The first-order chi connectivity index (χ1) is 19.9. The zero-order chi connectivity index (χ0) is 30.2. The summed E-state index contributed by atoms with van der Waals surface area (Å²) < 4.78 is 46.7. The van der Waals surface area contributed by atoms with Gasteiger partial charge in [-0.25, -0.2) is 9.59 Å². The average molecular weight is 585 g/mol. The van der Waals surface area contributed by atoms with Crippen LogP contribution in [0.3, 0.4) is 0 Å². The van der Waals surface area contributed by atoms with Crippen molar-refractivity contribution in [3.8, 4) is 0 Å². The number of alkyl halides is 3. The number of nitrogens with one attached hydrogen (secondary N) is 2. The predicted molar refractivity (Wildman–Crippen MR) is 152 cm³/mol. The lowest BCUT2D eigenvalue weighted by Crippen LogP contribution is -2.41. The minimum absolute atomic E-state index is 0.0373. The molecule has 13 heteroatoms. The standard InChI is InChI=1S/C29H31F3N6O4/c1-16(18-11-19(29(30,31)32)13-20(33)12-18)34-25-22-14-24(42-21-8-9-38(15-21)28(40)41)23(10-17-6-4-3-5-7-17)37(2)26(22)36-27(39)35-25/h3-7,11-14,16,21,23H,8-10,15,33H2,1-2H3,(H,40,41)(H2,34,35,36,39)/t16-,21+,23?/m1/s1. The molecule has 10 nitrogen and oxygen atoms in total. The normalized spacial score (nSPS) is 19.2. The van der Waals surface area contributed by atoms with Crippen LogP contribution in [0.5, 0.6) is 0 Å². The second-order valence-electron chi connectivity index (χ2n) is 10.5. The fourth-order valence-electron chi connectivity index (χ4n) is 5.33. The molecule has 42 heavy (non-hydrogen) atoms. The third-order valence-electron chi connectivity index (χ3n) is 7.52. The summed E-state index contributed by atoms with van der Waals surface area (Å²) in [5.41, 5.74) is 6.01. The molecule has 2 aromatic carbocycles. The SMILES string of the molecule is C[C@@H](Nc1[nH]c(=O)nc2c1C=C(O[C@H]1CCN(C(=O)O)C1)C(Cc1ccccc1)N2C)c1cc(N)cc(C(F)(F)F)c1. The Kier molecular flexibility index (Phi) is 7.76. The number of amides is 1. The van der Waals surface area contributed by atoms with Gasteiger partial charge in [0.25, 0.3) is 0 Å². The zero-order valence-corrected chi connectivity index (χ0v) is 23.0. The Bertz CT molecular complexity index is 1560. The number of likely N-dealkylation sites (N-methyl/N-ethyl adjacent to an activating group) is 1. The summed E-state index contributed by atoms with van der Waals surface area (Å²) in [6.45, 7) is 2.22. The fraction of sp³-hybridized carbons (Fsp3) is 0.345. The van der Waals surface area contributed by atoms with Gasteiger partial charge in [-0.3, -0.25) is 4.98 Å². The molecule has 1 fully saturated rings. The van der Waals surface area contributed by atoms with Crippen LogP contribution in [0, 0.1) is 0 Å². The third-order valence-corrected chi connectivity index (χ3v) is 7.52. The first-order valence-electron chi connectivity index (χ1n) is 13.4. The van der Waals surface area contributed by atoms with Gasteiger partial charge in [-0.1, -0.05) is 30.3 Å². The van der Waals surface area contributed by atoms with E-state index < -0.39 is 29.6 Å². The Morgan fingerprint density at radius 2 is 2.00 bits per heavy atom. The van der Waals surface area contributed by atoms with E-state index >= 15 is 0 Å². The molecule has 0 saturated carbocycles. The van der Waals surface area contributed by atoms with E-state index in [0.717, 1.165) is 17.7 Å². The molecular formula is C29H31F3N6O4. The fourth-order valence-corrected chi connectivity index (χ4v) is 5.33. The Hall–Kier alpha value is -4.68. The Balaban J connectivity index is 1.52. The Morgan fingerprint density at radius 3 is 2.67 bits per heavy atom. The van der Waals surface area contributed by atoms with Crippen molar-refractivity contribution in [3.05, 3.63) is 87.0 Å². The number of aromatic amines is 1. The summed E-state index contributed by atoms with van der Waals surface area (Å²) in [5, 5.41) is 12.5. The van der Waals surface area contributed by atoms with Crippen LogP contribution in [0.25, 0.3) is 6.08 Å². The smallest absolute Gasteiger partial charge is 0.416 e. The minimum atomic E-state index is -4.57. The van der Waals surface area contributed by atoms with E-state index in [4.69, 9.17) is 10.5 Å². The molecule has 0 bridgehead atoms. The van der Waals surface area contributed by atoms with E-state index in [9.17, 15) is 27.9 Å². The molecule has 1 amide bonds. The Morgan fingerprint density at radius 1 is 1.26 bits per heavy atom. The maximum absolute atomic E-state index is 13.4. The van der Waals surface area contributed by atoms with E-state index in [1.54, 1.807) is 20.0 Å². The van der Waals surface area contributed by atoms with Crippen molar-refractivity contribution in [1.82, 2.24) is 14.9 Å². The summed E-state index contributed by atoms with van der Waals surface area (Å²) in [5.74, 6) is 1.17. The number of hydrogen-bond acceptors (Lipinski definition) is 7. The number of H-pyrrole nitrogens is 1. The molecule has 1 unspecified atom stereocenters. The third kappa shape index (κ3) is 6.14. The van der Waals surface area contributed by atoms with Gasteiger partial charge in [0.1, 0.15) is 23.5 Å². The molecule has 3 atom stereocenters. The number of ether oxygens (including phenoxy) is 1. The molecule has 5 N–H and O–H groups in total. The van der Waals surface area contributed by atoms with Crippen LogP contribution < -0.4 is 21.6 Å². The first-order valence-corrected chi connectivity index (χ1v) is 13.4. The second kappa shape index (κ2) is 11.3. The second-order valence-corrected chi connectivity index (χ2v) is 10.5. The number of benzene rings is 2. The van der Waals surface area contributed by atoms with E-state index in [1.807, 2.05) is 35.2 Å². The highest BCUT2D eigenvalue weighted by Crippen LogP contribution is 2.38. The summed E-state index contributed by atoms with van der Waals surface area (Å²) in [6.07, 6.45) is -3.17. The predicted octanol–water partition coefficient (Wildman–Crippen LogP) is 4.71. The quantitative estimate of drug-likeness (QED) is 0.293. The lowest BCUT2D eigenvalue weighted by atomic mass is 9.97. The molecule has 3 heterocycles. The van der Waals surface area contributed by atoms with Crippen molar-refractivity contribution in [2.75, 3.05) is 36.1 Å². The van der Waals surface area contributed by atoms with Gasteiger partial charge in [0, 0.05) is 38.2 Å². The van der Waals surface area contributed by atoms with Crippen molar-refractivity contribution in [2.24, 2.45) is 0 Å². The number of fused-ring (bicyclic) bond motifs is 1. The summed E-state index contributed by atoms with van der Waals surface area (Å²) in [7, 11) is 1.79. The van der Waals surface area contributed by atoms with Gasteiger partial charge in [-0.15, -0.1) is 0 Å². The number of anilines is 3. The summed E-state index contributed by atoms with van der Waals surface area (Å²) >= 11 is 0. The van der Waals surface area contributed by atoms with Crippen LogP contribution in [-0.4, -0.2) is 58.4 Å². The molecular weight excluding hydrogens is 553 g/mol. The molecule has 222 valence electrons. The lowest BCUT2D eigenvalue weighted by molar-refractivity contribution is -0.137.